The predicted octanol–water partition coefficient (Wildman–Crippen LogP) is -0.548. The molecular formula is C13H17NO4-2. The van der Waals surface area contributed by atoms with Crippen LogP contribution in [-0.2, 0) is 9.59 Å². The molecule has 0 N–H and O–H groups in total. The van der Waals surface area contributed by atoms with Gasteiger partial charge >= 0.3 is 0 Å². The third-order valence-electron chi connectivity index (χ3n) is 3.73. The smallest absolute Gasteiger partial charge is 0.116 e. The van der Waals surface area contributed by atoms with E-state index < -0.39 is 23.4 Å². The summed E-state index contributed by atoms with van der Waals surface area (Å²) < 4.78 is 0. The molecule has 0 amide bonds. The first kappa shape index (κ1) is 14.4. The van der Waals surface area contributed by atoms with E-state index in [4.69, 9.17) is 0 Å². The maximum absolute atomic E-state index is 11.2. The summed E-state index contributed by atoms with van der Waals surface area (Å²) in [6, 6.07) is -1.45. The number of hydrogen-bond acceptors (Lipinski definition) is 5. The first-order valence-electron chi connectivity index (χ1n) is 6.13. The molecule has 18 heavy (non-hydrogen) atoms. The van der Waals surface area contributed by atoms with E-state index in [-0.39, 0.29) is 5.57 Å². The highest BCUT2D eigenvalue weighted by Gasteiger charge is 2.36. The largest absolute Gasteiger partial charge is 0.547 e. The fourth-order valence-corrected chi connectivity index (χ4v) is 2.62. The maximum Gasteiger partial charge on any atom is 0.116 e. The number of dihydropyridines is 1. The molecule has 1 unspecified atom stereocenters. The van der Waals surface area contributed by atoms with Crippen molar-refractivity contribution < 1.29 is 19.8 Å². The number of aliphatic imine (C=N–C) groups is 1. The van der Waals surface area contributed by atoms with Crippen molar-refractivity contribution in [1.29, 1.82) is 0 Å². The van der Waals surface area contributed by atoms with Gasteiger partial charge in [0.25, 0.3) is 0 Å². The van der Waals surface area contributed by atoms with Crippen molar-refractivity contribution >= 4 is 18.2 Å². The zero-order chi connectivity index (χ0) is 13.9. The average molecular weight is 251 g/mol. The third kappa shape index (κ3) is 2.17. The van der Waals surface area contributed by atoms with Gasteiger partial charge in [0.15, 0.2) is 0 Å². The van der Waals surface area contributed by atoms with Gasteiger partial charge in [-0.2, -0.15) is 0 Å². The summed E-state index contributed by atoms with van der Waals surface area (Å²) >= 11 is 0. The van der Waals surface area contributed by atoms with Gasteiger partial charge in [-0.3, -0.25) is 4.99 Å². The molecule has 0 spiro atoms. The molecule has 0 radical (unpaired) electrons. The van der Waals surface area contributed by atoms with Crippen molar-refractivity contribution in [3.05, 3.63) is 11.1 Å². The SMILES string of the molecule is CCC1=C(C(=O)[O-])C(C(=O)[O-])N=CC1(CC)CC. The van der Waals surface area contributed by atoms with Gasteiger partial charge in [-0.1, -0.05) is 26.3 Å². The van der Waals surface area contributed by atoms with Crippen LogP contribution in [0.5, 0.6) is 0 Å². The topological polar surface area (TPSA) is 92.6 Å². The summed E-state index contributed by atoms with van der Waals surface area (Å²) in [4.78, 5) is 26.1. The molecule has 1 atom stereocenters. The Morgan fingerprint density at radius 3 is 2.17 bits per heavy atom. The van der Waals surface area contributed by atoms with Crippen LogP contribution in [0.1, 0.15) is 40.0 Å². The molecular weight excluding hydrogens is 234 g/mol. The average Bonchev–Trinajstić information content (AvgIpc) is 2.36. The van der Waals surface area contributed by atoms with Crippen molar-refractivity contribution in [2.75, 3.05) is 0 Å². The lowest BCUT2D eigenvalue weighted by atomic mass is 9.70. The highest BCUT2D eigenvalue weighted by atomic mass is 16.4. The number of hydrogen-bond donors (Lipinski definition) is 0. The van der Waals surface area contributed by atoms with Crippen LogP contribution in [0.4, 0.5) is 0 Å². The van der Waals surface area contributed by atoms with Gasteiger partial charge in [0.05, 0.1) is 11.9 Å². The lowest BCUT2D eigenvalue weighted by Gasteiger charge is -2.38. The molecule has 5 heteroatoms. The molecule has 0 saturated carbocycles. The van der Waals surface area contributed by atoms with Crippen molar-refractivity contribution in [2.24, 2.45) is 10.4 Å². The number of carbonyl (C=O) groups is 2. The van der Waals surface area contributed by atoms with E-state index in [0.717, 1.165) is 0 Å². The fraction of sp³-hybridized carbons (Fsp3) is 0.615. The van der Waals surface area contributed by atoms with Crippen LogP contribution in [0, 0.1) is 5.41 Å². The normalized spacial score (nSPS) is 22.1. The van der Waals surface area contributed by atoms with Crippen molar-refractivity contribution in [2.45, 2.75) is 46.1 Å². The first-order valence-corrected chi connectivity index (χ1v) is 6.13. The Balaban J connectivity index is 3.46. The minimum atomic E-state index is -1.50. The van der Waals surface area contributed by atoms with Crippen LogP contribution in [0.15, 0.2) is 16.1 Å². The second-order valence-electron chi connectivity index (χ2n) is 4.40. The number of carboxylic acids is 2. The molecule has 1 heterocycles. The van der Waals surface area contributed by atoms with Gasteiger partial charge < -0.3 is 19.8 Å². The molecule has 0 aromatic heterocycles. The molecule has 100 valence electrons. The van der Waals surface area contributed by atoms with Crippen molar-refractivity contribution in [3.8, 4) is 0 Å². The minimum absolute atomic E-state index is 0.233. The second kappa shape index (κ2) is 5.33. The van der Waals surface area contributed by atoms with E-state index in [0.29, 0.717) is 24.8 Å². The summed E-state index contributed by atoms with van der Waals surface area (Å²) in [7, 11) is 0. The Morgan fingerprint density at radius 1 is 1.28 bits per heavy atom. The monoisotopic (exact) mass is 251 g/mol. The summed E-state index contributed by atoms with van der Waals surface area (Å²) in [5, 5.41) is 22.2. The number of rotatable bonds is 5. The Morgan fingerprint density at radius 2 is 1.83 bits per heavy atom. The summed E-state index contributed by atoms with van der Waals surface area (Å²) in [6.07, 6.45) is 3.37. The molecule has 0 aromatic rings. The number of allylic oxidation sites excluding steroid dienone is 1. The van der Waals surface area contributed by atoms with E-state index in [1.54, 1.807) is 6.21 Å². The molecule has 0 aromatic carbocycles. The Bertz CT molecular complexity index is 419. The number of nitrogens with zero attached hydrogens (tertiary/aromatic N) is 1. The molecule has 0 saturated heterocycles. The van der Waals surface area contributed by atoms with Crippen LogP contribution in [-0.4, -0.2) is 24.2 Å². The van der Waals surface area contributed by atoms with Gasteiger partial charge in [-0.15, -0.1) is 0 Å². The van der Waals surface area contributed by atoms with E-state index in [1.807, 2.05) is 20.8 Å². The van der Waals surface area contributed by atoms with Crippen LogP contribution >= 0.6 is 0 Å². The number of carboxylic acid groups (broad SMARTS) is 2. The van der Waals surface area contributed by atoms with Crippen LogP contribution < -0.4 is 10.2 Å². The molecule has 0 bridgehead atoms. The fourth-order valence-electron chi connectivity index (χ4n) is 2.62. The van der Waals surface area contributed by atoms with Gasteiger partial charge in [0.2, 0.25) is 0 Å². The highest BCUT2D eigenvalue weighted by molar-refractivity contribution is 5.99. The molecule has 5 nitrogen and oxygen atoms in total. The molecule has 1 aliphatic rings. The predicted molar refractivity (Wildman–Crippen MR) is 62.6 cm³/mol. The Labute approximate surface area is 106 Å². The Kier molecular flexibility index (Phi) is 4.27. The van der Waals surface area contributed by atoms with Crippen molar-refractivity contribution in [3.63, 3.8) is 0 Å². The number of aliphatic carboxylic acids is 2. The van der Waals surface area contributed by atoms with Crippen LogP contribution in [0.3, 0.4) is 0 Å². The summed E-state index contributed by atoms with van der Waals surface area (Å²) in [5.41, 5.74) is -0.115. The van der Waals surface area contributed by atoms with Crippen LogP contribution in [0.2, 0.25) is 0 Å². The zero-order valence-electron chi connectivity index (χ0n) is 10.9. The first-order chi connectivity index (χ1) is 8.43. The molecule has 1 rings (SSSR count). The lowest BCUT2D eigenvalue weighted by molar-refractivity contribution is -0.311. The second-order valence-corrected chi connectivity index (χ2v) is 4.40. The molecule has 0 aliphatic carbocycles. The molecule has 1 aliphatic heterocycles. The van der Waals surface area contributed by atoms with E-state index >= 15 is 0 Å². The van der Waals surface area contributed by atoms with Gasteiger partial charge in [-0.05, 0) is 19.3 Å². The summed E-state index contributed by atoms with van der Waals surface area (Å²) in [6.45, 7) is 5.67. The van der Waals surface area contributed by atoms with Crippen molar-refractivity contribution in [1.82, 2.24) is 0 Å². The standard InChI is InChI=1S/C13H19NO4/c1-4-8-9(11(15)16)10(12(17)18)14-7-13(8,5-2)6-3/h7,10H,4-6H2,1-3H3,(H,15,16)(H,17,18)/p-2. The maximum atomic E-state index is 11.2. The van der Waals surface area contributed by atoms with Gasteiger partial charge in [-0.25, -0.2) is 0 Å². The van der Waals surface area contributed by atoms with Gasteiger partial charge in [0, 0.05) is 17.2 Å². The quantitative estimate of drug-likeness (QED) is 0.655. The van der Waals surface area contributed by atoms with E-state index in [9.17, 15) is 19.8 Å². The number of carbonyl (C=O) groups excluding carboxylic acids is 2. The zero-order valence-corrected chi connectivity index (χ0v) is 10.9. The van der Waals surface area contributed by atoms with Crippen LogP contribution in [0.25, 0.3) is 0 Å². The highest BCUT2D eigenvalue weighted by Crippen LogP contribution is 2.40. The minimum Gasteiger partial charge on any atom is -0.547 e. The Hall–Kier alpha value is -1.65. The van der Waals surface area contributed by atoms with Gasteiger partial charge in [0.1, 0.15) is 6.04 Å². The summed E-state index contributed by atoms with van der Waals surface area (Å²) in [5.74, 6) is -2.97. The van der Waals surface area contributed by atoms with E-state index in [2.05, 4.69) is 4.99 Å². The van der Waals surface area contributed by atoms with E-state index in [1.165, 1.54) is 0 Å². The molecule has 0 fully saturated rings. The lowest BCUT2D eigenvalue weighted by Crippen LogP contribution is -2.46. The third-order valence-corrected chi connectivity index (χ3v) is 3.73.